The number of carbonyl (C=O) groups is 1. The molecule has 0 aromatic carbocycles. The van der Waals surface area contributed by atoms with Gasteiger partial charge in [-0.1, -0.05) is 0 Å². The smallest absolute Gasteiger partial charge is 0.284 e. The number of imidazole rings is 1. The first-order valence-electron chi connectivity index (χ1n) is 4.39. The van der Waals surface area contributed by atoms with Gasteiger partial charge in [0, 0.05) is 6.20 Å². The van der Waals surface area contributed by atoms with Gasteiger partial charge in [0.2, 0.25) is 0 Å². The Labute approximate surface area is 98.6 Å². The topological polar surface area (TPSA) is 72.4 Å². The van der Waals surface area contributed by atoms with Gasteiger partial charge in [0.1, 0.15) is 11.5 Å². The van der Waals surface area contributed by atoms with Crippen molar-refractivity contribution < 1.29 is 9.18 Å². The molecule has 3 N–H and O–H groups in total. The van der Waals surface area contributed by atoms with Crippen LogP contribution in [0.15, 0.2) is 16.7 Å². The van der Waals surface area contributed by atoms with Crippen molar-refractivity contribution in [3.8, 4) is 0 Å². The quantitative estimate of drug-likeness (QED) is 0.469. The van der Waals surface area contributed by atoms with Gasteiger partial charge in [0.25, 0.3) is 5.91 Å². The molecule has 0 aliphatic heterocycles. The molecule has 1 amide bonds. The lowest BCUT2D eigenvalue weighted by Crippen LogP contribution is -2.31. The first kappa shape index (κ1) is 11.0. The molecule has 84 valence electrons. The van der Waals surface area contributed by atoms with Crippen molar-refractivity contribution in [3.05, 3.63) is 33.9 Å². The summed E-state index contributed by atoms with van der Waals surface area (Å²) in [5.41, 5.74) is 3.17. The van der Waals surface area contributed by atoms with Crippen molar-refractivity contribution in [2.24, 2.45) is 5.84 Å². The highest BCUT2D eigenvalue weighted by Crippen LogP contribution is 2.21. The number of fused-ring (bicyclic) bond motifs is 1. The minimum absolute atomic E-state index is 0.220. The largest absolute Gasteiger partial charge is 0.291 e. The van der Waals surface area contributed by atoms with E-state index in [1.165, 1.54) is 16.7 Å². The lowest BCUT2D eigenvalue weighted by Gasteiger charge is -2.02. The Bertz CT molecular complexity index is 580. The fraction of sp³-hybridized carbons (Fsp3) is 0.111. The zero-order chi connectivity index (χ0) is 11.9. The monoisotopic (exact) mass is 286 g/mol. The maximum atomic E-state index is 13.2. The van der Waals surface area contributed by atoms with E-state index < -0.39 is 11.7 Å². The van der Waals surface area contributed by atoms with Gasteiger partial charge in [-0.05, 0) is 28.9 Å². The number of nitrogens with two attached hydrogens (primary N) is 1. The summed E-state index contributed by atoms with van der Waals surface area (Å²) in [6, 6.07) is 1.28. The number of amides is 1. The van der Waals surface area contributed by atoms with E-state index in [2.05, 4.69) is 20.9 Å². The molecule has 2 heterocycles. The Morgan fingerprint density at radius 2 is 2.38 bits per heavy atom. The van der Waals surface area contributed by atoms with Gasteiger partial charge >= 0.3 is 0 Å². The normalized spacial score (nSPS) is 10.8. The molecule has 5 nitrogen and oxygen atoms in total. The highest BCUT2D eigenvalue weighted by Gasteiger charge is 2.17. The number of carbonyl (C=O) groups excluding carboxylic acids is 1. The van der Waals surface area contributed by atoms with Gasteiger partial charge in [-0.3, -0.25) is 14.6 Å². The van der Waals surface area contributed by atoms with Crippen molar-refractivity contribution in [2.45, 2.75) is 6.92 Å². The van der Waals surface area contributed by atoms with Crippen LogP contribution < -0.4 is 11.3 Å². The van der Waals surface area contributed by atoms with E-state index in [4.69, 9.17) is 5.84 Å². The maximum Gasteiger partial charge on any atom is 0.284 e. The fourth-order valence-electron chi connectivity index (χ4n) is 1.53. The summed E-state index contributed by atoms with van der Waals surface area (Å²) in [5.74, 6) is 4.07. The summed E-state index contributed by atoms with van der Waals surface area (Å²) >= 11 is 3.18. The van der Waals surface area contributed by atoms with Gasteiger partial charge in [-0.2, -0.15) is 0 Å². The summed E-state index contributed by atoms with van der Waals surface area (Å²) in [4.78, 5) is 15.7. The Kier molecular flexibility index (Phi) is 2.64. The summed E-state index contributed by atoms with van der Waals surface area (Å²) in [5, 5.41) is 0. The van der Waals surface area contributed by atoms with Crippen LogP contribution in [0.25, 0.3) is 5.65 Å². The molecule has 0 fully saturated rings. The Morgan fingerprint density at radius 1 is 1.69 bits per heavy atom. The third kappa shape index (κ3) is 1.57. The minimum Gasteiger partial charge on any atom is -0.291 e. The van der Waals surface area contributed by atoms with Gasteiger partial charge < -0.3 is 0 Å². The molecule has 7 heteroatoms. The van der Waals surface area contributed by atoms with Crippen molar-refractivity contribution in [2.75, 3.05) is 0 Å². The van der Waals surface area contributed by atoms with E-state index in [1.807, 2.05) is 5.43 Å². The first-order valence-corrected chi connectivity index (χ1v) is 5.18. The van der Waals surface area contributed by atoms with Crippen molar-refractivity contribution in [3.63, 3.8) is 0 Å². The van der Waals surface area contributed by atoms with Crippen LogP contribution in [0.5, 0.6) is 0 Å². The molecule has 2 aromatic heterocycles. The number of nitrogens with zero attached hydrogens (tertiary/aromatic N) is 2. The van der Waals surface area contributed by atoms with E-state index in [9.17, 15) is 9.18 Å². The number of hydrazine groups is 1. The van der Waals surface area contributed by atoms with Crippen molar-refractivity contribution >= 4 is 27.5 Å². The standard InChI is InChI=1S/C9H8BrFN4O/c1-4-7(9(16)14-12)15-3-5(11)2-6(10)8(15)13-4/h2-3H,12H2,1H3,(H,14,16). The molecular formula is C9H8BrFN4O. The van der Waals surface area contributed by atoms with Crippen LogP contribution in [0.1, 0.15) is 16.2 Å². The second-order valence-corrected chi connectivity index (χ2v) is 4.07. The second-order valence-electron chi connectivity index (χ2n) is 3.22. The third-order valence-electron chi connectivity index (χ3n) is 2.16. The predicted octanol–water partition coefficient (Wildman–Crippen LogP) is 1.15. The second kappa shape index (κ2) is 3.84. The number of hydrogen-bond donors (Lipinski definition) is 2. The lowest BCUT2D eigenvalue weighted by atomic mass is 10.3. The molecule has 2 rings (SSSR count). The molecule has 0 aliphatic rings. The molecule has 0 saturated heterocycles. The first-order chi connectivity index (χ1) is 7.54. The van der Waals surface area contributed by atoms with Gasteiger partial charge in [-0.15, -0.1) is 0 Å². The molecule has 0 radical (unpaired) electrons. The number of nitrogen functional groups attached to an aromatic ring is 1. The predicted molar refractivity (Wildman–Crippen MR) is 59.2 cm³/mol. The lowest BCUT2D eigenvalue weighted by molar-refractivity contribution is 0.0947. The number of hydrogen-bond acceptors (Lipinski definition) is 3. The highest BCUT2D eigenvalue weighted by atomic mass is 79.9. The molecule has 0 unspecified atom stereocenters. The summed E-state index contributed by atoms with van der Waals surface area (Å²) in [7, 11) is 0. The summed E-state index contributed by atoms with van der Waals surface area (Å²) < 4.78 is 15.0. The van der Waals surface area contributed by atoms with Crippen LogP contribution in [0.2, 0.25) is 0 Å². The van der Waals surface area contributed by atoms with Crippen molar-refractivity contribution in [1.82, 2.24) is 14.8 Å². The number of halogens is 2. The Morgan fingerprint density at radius 3 is 3.00 bits per heavy atom. The van der Waals surface area contributed by atoms with Crippen LogP contribution in [0.4, 0.5) is 4.39 Å². The number of aromatic nitrogens is 2. The molecule has 0 bridgehead atoms. The van der Waals surface area contributed by atoms with Crippen LogP contribution in [0.3, 0.4) is 0 Å². The van der Waals surface area contributed by atoms with E-state index in [-0.39, 0.29) is 5.69 Å². The molecule has 16 heavy (non-hydrogen) atoms. The molecule has 0 atom stereocenters. The Balaban J connectivity index is 2.83. The number of aryl methyl sites for hydroxylation is 1. The van der Waals surface area contributed by atoms with E-state index in [1.54, 1.807) is 6.92 Å². The average Bonchev–Trinajstić information content (AvgIpc) is 2.54. The SMILES string of the molecule is Cc1nc2c(Br)cc(F)cn2c1C(=O)NN. The van der Waals surface area contributed by atoms with E-state index >= 15 is 0 Å². The van der Waals surface area contributed by atoms with Crippen LogP contribution in [-0.4, -0.2) is 15.3 Å². The molecule has 0 aliphatic carbocycles. The molecule has 0 spiro atoms. The van der Waals surface area contributed by atoms with Crippen LogP contribution in [-0.2, 0) is 0 Å². The zero-order valence-corrected chi connectivity index (χ0v) is 9.88. The third-order valence-corrected chi connectivity index (χ3v) is 2.75. The number of nitrogens with one attached hydrogen (secondary N) is 1. The number of rotatable bonds is 1. The average molecular weight is 287 g/mol. The maximum absolute atomic E-state index is 13.2. The zero-order valence-electron chi connectivity index (χ0n) is 8.29. The highest BCUT2D eigenvalue weighted by molar-refractivity contribution is 9.10. The minimum atomic E-state index is -0.512. The molecule has 2 aromatic rings. The van der Waals surface area contributed by atoms with Gasteiger partial charge in [0.15, 0.2) is 5.65 Å². The van der Waals surface area contributed by atoms with Crippen molar-refractivity contribution in [1.29, 1.82) is 0 Å². The number of pyridine rings is 1. The van der Waals surface area contributed by atoms with Crippen LogP contribution >= 0.6 is 15.9 Å². The Hall–Kier alpha value is -1.47. The van der Waals surface area contributed by atoms with E-state index in [0.717, 1.165) is 0 Å². The van der Waals surface area contributed by atoms with Gasteiger partial charge in [-0.25, -0.2) is 15.2 Å². The fourth-order valence-corrected chi connectivity index (χ4v) is 2.03. The van der Waals surface area contributed by atoms with E-state index in [0.29, 0.717) is 15.8 Å². The summed E-state index contributed by atoms with van der Waals surface area (Å²) in [6.45, 7) is 1.65. The van der Waals surface area contributed by atoms with Gasteiger partial charge in [0.05, 0.1) is 10.2 Å². The molecule has 0 saturated carbocycles. The summed E-state index contributed by atoms with van der Waals surface area (Å²) in [6.07, 6.45) is 1.19. The van der Waals surface area contributed by atoms with Crippen LogP contribution in [0, 0.1) is 12.7 Å². The molecular weight excluding hydrogens is 279 g/mol.